The molecule has 1 aromatic heterocycles. The summed E-state index contributed by atoms with van der Waals surface area (Å²) in [6.45, 7) is 1.11. The molecule has 9 heteroatoms. The second-order valence-electron chi connectivity index (χ2n) is 4.29. The van der Waals surface area contributed by atoms with Crippen LogP contribution >= 0.6 is 23.2 Å². The average molecular weight is 360 g/mol. The van der Waals surface area contributed by atoms with Crippen LogP contribution in [0.4, 0.5) is 11.4 Å². The molecule has 1 heterocycles. The summed E-state index contributed by atoms with van der Waals surface area (Å²) >= 11 is 11.8. The Morgan fingerprint density at radius 3 is 2.55 bits per heavy atom. The highest BCUT2D eigenvalue weighted by Crippen LogP contribution is 2.29. The van der Waals surface area contributed by atoms with Gasteiger partial charge >= 0.3 is 0 Å². The van der Waals surface area contributed by atoms with Crippen molar-refractivity contribution in [3.8, 4) is 0 Å². The zero-order chi connectivity index (χ0) is 16.3. The molecule has 0 saturated heterocycles. The van der Waals surface area contributed by atoms with Crippen molar-refractivity contribution in [2.24, 2.45) is 0 Å². The predicted octanol–water partition coefficient (Wildman–Crippen LogP) is 2.96. The molecular formula is C13H11Cl2N3O3S. The van der Waals surface area contributed by atoms with Gasteiger partial charge in [-0.15, -0.1) is 0 Å². The molecule has 116 valence electrons. The van der Waals surface area contributed by atoms with E-state index in [1.165, 1.54) is 12.3 Å². The van der Waals surface area contributed by atoms with Crippen molar-refractivity contribution in [3.05, 3.63) is 46.7 Å². The molecule has 6 nitrogen and oxygen atoms in total. The van der Waals surface area contributed by atoms with Crippen molar-refractivity contribution < 1.29 is 13.2 Å². The van der Waals surface area contributed by atoms with E-state index in [2.05, 4.69) is 10.3 Å². The fraction of sp³-hybridized carbons (Fsp3) is 0.0769. The summed E-state index contributed by atoms with van der Waals surface area (Å²) in [4.78, 5) is 14.6. The summed E-state index contributed by atoms with van der Waals surface area (Å²) in [5.74, 6) is -0.690. The molecule has 0 saturated carbocycles. The quantitative estimate of drug-likeness (QED) is 0.875. The van der Waals surface area contributed by atoms with E-state index >= 15 is 0 Å². The first-order valence-corrected chi connectivity index (χ1v) is 8.23. The number of carbonyl (C=O) groups is 1. The van der Waals surface area contributed by atoms with Crippen molar-refractivity contribution in [2.75, 3.05) is 5.32 Å². The van der Waals surface area contributed by atoms with E-state index < -0.39 is 15.9 Å². The third-order valence-corrected chi connectivity index (χ3v) is 4.75. The summed E-state index contributed by atoms with van der Waals surface area (Å²) < 4.78 is 26.1. The second-order valence-corrected chi connectivity index (χ2v) is 6.75. The molecule has 0 unspecified atom stereocenters. The van der Waals surface area contributed by atoms with Gasteiger partial charge < -0.3 is 5.32 Å². The van der Waals surface area contributed by atoms with Crippen molar-refractivity contribution in [3.63, 3.8) is 0 Å². The minimum absolute atomic E-state index is 0.156. The highest BCUT2D eigenvalue weighted by molar-refractivity contribution is 7.90. The maximum Gasteiger partial charge on any atom is 0.267 e. The number of sulfonamides is 1. The Kier molecular flexibility index (Phi) is 4.90. The molecule has 0 atom stereocenters. The van der Waals surface area contributed by atoms with Gasteiger partial charge in [0.25, 0.3) is 10.0 Å². The van der Waals surface area contributed by atoms with Crippen molar-refractivity contribution in [1.29, 1.82) is 0 Å². The monoisotopic (exact) mass is 359 g/mol. The number of benzene rings is 1. The largest absolute Gasteiger partial charge is 0.354 e. The number of halogens is 2. The van der Waals surface area contributed by atoms with Gasteiger partial charge in [0.1, 0.15) is 4.90 Å². The number of amides is 1. The van der Waals surface area contributed by atoms with Crippen molar-refractivity contribution in [1.82, 2.24) is 9.71 Å². The second kappa shape index (κ2) is 6.51. The lowest BCUT2D eigenvalue weighted by Gasteiger charge is -2.12. The maximum absolute atomic E-state index is 12.1. The number of aromatic nitrogens is 1. The van der Waals surface area contributed by atoms with Crippen LogP contribution in [0.5, 0.6) is 0 Å². The fourth-order valence-electron chi connectivity index (χ4n) is 1.67. The minimum Gasteiger partial charge on any atom is -0.354 e. The molecule has 0 aliphatic heterocycles. The van der Waals surface area contributed by atoms with E-state index in [0.717, 1.165) is 13.1 Å². The Morgan fingerprint density at radius 1 is 1.18 bits per heavy atom. The smallest absolute Gasteiger partial charge is 0.267 e. The highest BCUT2D eigenvalue weighted by Gasteiger charge is 2.20. The van der Waals surface area contributed by atoms with Crippen LogP contribution in [0.3, 0.4) is 0 Å². The molecule has 2 aromatic rings. The number of hydrogen-bond donors (Lipinski definition) is 2. The van der Waals surface area contributed by atoms with Crippen LogP contribution in [0.1, 0.15) is 6.92 Å². The first-order chi connectivity index (χ1) is 10.3. The van der Waals surface area contributed by atoms with Crippen LogP contribution in [0, 0.1) is 0 Å². The number of carbonyl (C=O) groups excluding carboxylic acids is 1. The van der Waals surface area contributed by atoms with Crippen LogP contribution in [0.15, 0.2) is 41.6 Å². The molecular weight excluding hydrogens is 349 g/mol. The summed E-state index contributed by atoms with van der Waals surface area (Å²) in [6, 6.07) is 6.25. The SMILES string of the molecule is CC(=O)NS(=O)(=O)c1cnccc1Nc1ccc(Cl)c(Cl)c1. The Balaban J connectivity index is 2.40. The molecule has 0 aliphatic carbocycles. The van der Waals surface area contributed by atoms with E-state index in [1.54, 1.807) is 18.2 Å². The molecule has 22 heavy (non-hydrogen) atoms. The Hall–Kier alpha value is -1.83. The van der Waals surface area contributed by atoms with Gasteiger partial charge in [-0.3, -0.25) is 9.78 Å². The Morgan fingerprint density at radius 2 is 1.91 bits per heavy atom. The lowest BCUT2D eigenvalue weighted by atomic mass is 10.3. The molecule has 2 N–H and O–H groups in total. The molecule has 1 aromatic carbocycles. The van der Waals surface area contributed by atoms with Crippen LogP contribution in [-0.4, -0.2) is 19.3 Å². The number of nitrogens with one attached hydrogen (secondary N) is 2. The van der Waals surface area contributed by atoms with E-state index in [1.807, 2.05) is 4.72 Å². The van der Waals surface area contributed by atoms with E-state index in [9.17, 15) is 13.2 Å². The van der Waals surface area contributed by atoms with E-state index in [-0.39, 0.29) is 10.6 Å². The molecule has 0 radical (unpaired) electrons. The van der Waals surface area contributed by atoms with Gasteiger partial charge in [-0.1, -0.05) is 23.2 Å². The minimum atomic E-state index is -4.01. The van der Waals surface area contributed by atoms with Crippen molar-refractivity contribution in [2.45, 2.75) is 11.8 Å². The van der Waals surface area contributed by atoms with Gasteiger partial charge in [-0.25, -0.2) is 13.1 Å². The van der Waals surface area contributed by atoms with Gasteiger partial charge in [-0.05, 0) is 24.3 Å². The number of nitrogens with zero attached hydrogens (tertiary/aromatic N) is 1. The van der Waals surface area contributed by atoms with Gasteiger partial charge in [0.15, 0.2) is 0 Å². The number of pyridine rings is 1. The molecule has 0 spiro atoms. The van der Waals surface area contributed by atoms with Gasteiger partial charge in [0.2, 0.25) is 5.91 Å². The van der Waals surface area contributed by atoms with Crippen LogP contribution in [0.2, 0.25) is 10.0 Å². The zero-order valence-electron chi connectivity index (χ0n) is 11.3. The summed E-state index contributed by atoms with van der Waals surface area (Å²) in [5.41, 5.74) is 0.794. The lowest BCUT2D eigenvalue weighted by molar-refractivity contribution is -0.117. The fourth-order valence-corrected chi connectivity index (χ4v) is 3.07. The van der Waals surface area contributed by atoms with E-state index in [4.69, 9.17) is 23.2 Å². The average Bonchev–Trinajstić information content (AvgIpc) is 2.42. The summed E-state index contributed by atoms with van der Waals surface area (Å²) in [7, 11) is -4.01. The predicted molar refractivity (Wildman–Crippen MR) is 85.0 cm³/mol. The number of hydrogen-bond acceptors (Lipinski definition) is 5. The first kappa shape index (κ1) is 16.5. The summed E-state index contributed by atoms with van der Waals surface area (Å²) in [6.07, 6.45) is 2.57. The third-order valence-electron chi connectivity index (χ3n) is 2.55. The molecule has 0 fully saturated rings. The highest BCUT2D eigenvalue weighted by atomic mass is 35.5. The maximum atomic E-state index is 12.1. The van der Waals surface area contributed by atoms with Crippen LogP contribution in [0.25, 0.3) is 0 Å². The first-order valence-electron chi connectivity index (χ1n) is 5.99. The molecule has 0 bridgehead atoms. The van der Waals surface area contributed by atoms with E-state index in [0.29, 0.717) is 15.7 Å². The molecule has 2 rings (SSSR count). The van der Waals surface area contributed by atoms with Crippen LogP contribution in [-0.2, 0) is 14.8 Å². The topological polar surface area (TPSA) is 88.2 Å². The summed E-state index contributed by atoms with van der Waals surface area (Å²) in [5, 5.41) is 3.61. The van der Waals surface area contributed by atoms with Crippen molar-refractivity contribution >= 4 is 50.5 Å². The molecule has 0 aliphatic rings. The normalized spacial score (nSPS) is 11.0. The standard InChI is InChI=1S/C13H11Cl2N3O3S/c1-8(19)18-22(20,21)13-7-16-5-4-12(13)17-9-2-3-10(14)11(15)6-9/h2-7H,1H3,(H,16,17)(H,18,19). The Labute approximate surface area is 137 Å². The molecule has 1 amide bonds. The van der Waals surface area contributed by atoms with Gasteiger partial charge in [0, 0.05) is 25.0 Å². The van der Waals surface area contributed by atoms with Gasteiger partial charge in [-0.2, -0.15) is 0 Å². The third kappa shape index (κ3) is 3.88. The Bertz CT molecular complexity index is 825. The van der Waals surface area contributed by atoms with Gasteiger partial charge in [0.05, 0.1) is 15.7 Å². The number of rotatable bonds is 4. The lowest BCUT2D eigenvalue weighted by Crippen LogP contribution is -2.28. The number of anilines is 2. The zero-order valence-corrected chi connectivity index (χ0v) is 13.6. The van der Waals surface area contributed by atoms with Crippen LogP contribution < -0.4 is 10.0 Å².